The third-order valence-electron chi connectivity index (χ3n) is 5.22. The van der Waals surface area contributed by atoms with Gasteiger partial charge in [-0.3, -0.25) is 4.98 Å². The van der Waals surface area contributed by atoms with Crippen molar-refractivity contribution in [3.8, 4) is 11.5 Å². The number of unbranched alkanes of at least 4 members (excludes halogenated alkanes) is 1. The van der Waals surface area contributed by atoms with Crippen molar-refractivity contribution in [2.75, 3.05) is 37.7 Å². The number of hydrogen-bond donors (Lipinski definition) is 3. The molecule has 2 heterocycles. The maximum absolute atomic E-state index is 11.6. The second kappa shape index (κ2) is 11.8. The summed E-state index contributed by atoms with van der Waals surface area (Å²) in [5.74, 6) is 2.37. The number of hydrogen-bond acceptors (Lipinski definition) is 9. The van der Waals surface area contributed by atoms with Crippen LogP contribution in [0.15, 0.2) is 36.5 Å². The second-order valence-electron chi connectivity index (χ2n) is 7.90. The summed E-state index contributed by atoms with van der Waals surface area (Å²) in [6.07, 6.45) is 5.56. The summed E-state index contributed by atoms with van der Waals surface area (Å²) in [5.41, 5.74) is 2.22. The SMILES string of the molecule is CCCC[C@@H](CNS(C)(=O)=O)Nc1nc(NCc2ccc(OC)cc2OC)nc2cccnc12. The molecule has 1 aromatic carbocycles. The van der Waals surface area contributed by atoms with Crippen molar-refractivity contribution in [1.29, 1.82) is 0 Å². The van der Waals surface area contributed by atoms with Gasteiger partial charge in [0, 0.05) is 37.0 Å². The summed E-state index contributed by atoms with van der Waals surface area (Å²) in [7, 11) is -0.0905. The summed E-state index contributed by atoms with van der Waals surface area (Å²) in [4.78, 5) is 13.7. The summed E-state index contributed by atoms with van der Waals surface area (Å²) in [6, 6.07) is 9.14. The van der Waals surface area contributed by atoms with Gasteiger partial charge in [0.25, 0.3) is 0 Å². The van der Waals surface area contributed by atoms with Gasteiger partial charge in [-0.1, -0.05) is 19.8 Å². The number of ether oxygens (including phenoxy) is 2. The predicted molar refractivity (Wildman–Crippen MR) is 134 cm³/mol. The van der Waals surface area contributed by atoms with Crippen LogP contribution < -0.4 is 24.8 Å². The number of pyridine rings is 1. The molecule has 184 valence electrons. The topological polar surface area (TPSA) is 127 Å². The van der Waals surface area contributed by atoms with Gasteiger partial charge < -0.3 is 20.1 Å². The first-order chi connectivity index (χ1) is 16.3. The minimum absolute atomic E-state index is 0.149. The van der Waals surface area contributed by atoms with Crippen LogP contribution in [-0.4, -0.2) is 56.4 Å². The first-order valence-electron chi connectivity index (χ1n) is 11.1. The van der Waals surface area contributed by atoms with E-state index < -0.39 is 10.0 Å². The minimum Gasteiger partial charge on any atom is -0.497 e. The van der Waals surface area contributed by atoms with E-state index in [1.807, 2.05) is 30.3 Å². The molecule has 0 radical (unpaired) electrons. The molecule has 3 aromatic rings. The fraction of sp³-hybridized carbons (Fsp3) is 0.435. The number of fused-ring (bicyclic) bond motifs is 1. The molecular weight excluding hydrogens is 456 g/mol. The molecule has 0 saturated heterocycles. The van der Waals surface area contributed by atoms with Crippen molar-refractivity contribution in [2.24, 2.45) is 0 Å². The first-order valence-corrected chi connectivity index (χ1v) is 13.0. The monoisotopic (exact) mass is 488 g/mol. The Hall–Kier alpha value is -3.18. The smallest absolute Gasteiger partial charge is 0.225 e. The van der Waals surface area contributed by atoms with E-state index in [1.54, 1.807) is 20.4 Å². The molecule has 10 nitrogen and oxygen atoms in total. The van der Waals surface area contributed by atoms with E-state index in [9.17, 15) is 8.42 Å². The maximum Gasteiger partial charge on any atom is 0.225 e. The lowest BCUT2D eigenvalue weighted by Crippen LogP contribution is -2.36. The molecule has 0 saturated carbocycles. The van der Waals surface area contributed by atoms with Crippen LogP contribution in [0.2, 0.25) is 0 Å². The number of rotatable bonds is 13. The van der Waals surface area contributed by atoms with Crippen molar-refractivity contribution in [2.45, 2.75) is 38.8 Å². The molecule has 0 aliphatic heterocycles. The largest absolute Gasteiger partial charge is 0.497 e. The summed E-state index contributed by atoms with van der Waals surface area (Å²) < 4.78 is 36.6. The van der Waals surface area contributed by atoms with Gasteiger partial charge in [-0.15, -0.1) is 0 Å². The Balaban J connectivity index is 1.85. The number of sulfonamides is 1. The molecule has 1 atom stereocenters. The molecule has 34 heavy (non-hydrogen) atoms. The molecular formula is C23H32N6O4S. The van der Waals surface area contributed by atoms with Crippen LogP contribution in [0.4, 0.5) is 11.8 Å². The van der Waals surface area contributed by atoms with Crippen molar-refractivity contribution < 1.29 is 17.9 Å². The highest BCUT2D eigenvalue weighted by Crippen LogP contribution is 2.26. The number of nitrogens with zero attached hydrogens (tertiary/aromatic N) is 3. The first kappa shape index (κ1) is 25.4. The summed E-state index contributed by atoms with van der Waals surface area (Å²) in [5, 5.41) is 6.64. The minimum atomic E-state index is -3.31. The van der Waals surface area contributed by atoms with Gasteiger partial charge in [0.05, 0.1) is 26.0 Å². The van der Waals surface area contributed by atoms with Crippen LogP contribution in [-0.2, 0) is 16.6 Å². The Morgan fingerprint density at radius 1 is 1.12 bits per heavy atom. The summed E-state index contributed by atoms with van der Waals surface area (Å²) in [6.45, 7) is 2.79. The zero-order valence-corrected chi connectivity index (χ0v) is 20.8. The summed E-state index contributed by atoms with van der Waals surface area (Å²) >= 11 is 0. The van der Waals surface area contributed by atoms with E-state index in [4.69, 9.17) is 9.47 Å². The third-order valence-corrected chi connectivity index (χ3v) is 5.92. The molecule has 0 fully saturated rings. The van der Waals surface area contributed by atoms with E-state index in [0.717, 1.165) is 31.1 Å². The lowest BCUT2D eigenvalue weighted by Gasteiger charge is -2.20. The number of methoxy groups -OCH3 is 2. The highest BCUT2D eigenvalue weighted by atomic mass is 32.2. The fourth-order valence-electron chi connectivity index (χ4n) is 3.44. The number of aromatic nitrogens is 3. The van der Waals surface area contributed by atoms with Gasteiger partial charge in [0.1, 0.15) is 17.0 Å². The molecule has 11 heteroatoms. The Morgan fingerprint density at radius 2 is 1.94 bits per heavy atom. The van der Waals surface area contributed by atoms with E-state index in [0.29, 0.717) is 40.8 Å². The average molecular weight is 489 g/mol. The quantitative estimate of drug-likeness (QED) is 0.332. The van der Waals surface area contributed by atoms with Crippen LogP contribution in [0.1, 0.15) is 31.7 Å². The van der Waals surface area contributed by atoms with Gasteiger partial charge in [0.2, 0.25) is 16.0 Å². The standard InChI is InChI=1S/C23H32N6O4S/c1-5-6-8-17(15-26-34(4,30)31)27-22-21-19(9-7-12-24-21)28-23(29-22)25-14-16-10-11-18(32-2)13-20(16)33-3/h7,9-13,17,26H,5-6,8,14-15H2,1-4H3,(H2,25,27,28,29)/t17-/m0/s1. The number of benzene rings is 1. The van der Waals surface area contributed by atoms with Gasteiger partial charge in [0.15, 0.2) is 5.82 Å². The molecule has 3 rings (SSSR count). The van der Waals surface area contributed by atoms with Gasteiger partial charge in [-0.2, -0.15) is 4.98 Å². The normalized spacial score (nSPS) is 12.4. The molecule has 0 amide bonds. The molecule has 2 aromatic heterocycles. The van der Waals surface area contributed by atoms with Crippen molar-refractivity contribution >= 4 is 32.8 Å². The fourth-order valence-corrected chi connectivity index (χ4v) is 3.94. The van der Waals surface area contributed by atoms with Crippen LogP contribution in [0.5, 0.6) is 11.5 Å². The van der Waals surface area contributed by atoms with Crippen LogP contribution in [0.25, 0.3) is 11.0 Å². The zero-order chi connectivity index (χ0) is 24.6. The Bertz CT molecular complexity index is 1210. The maximum atomic E-state index is 11.6. The Kier molecular flexibility index (Phi) is 8.83. The Labute approximate surface area is 200 Å². The van der Waals surface area contributed by atoms with Crippen LogP contribution in [0, 0.1) is 0 Å². The van der Waals surface area contributed by atoms with E-state index >= 15 is 0 Å². The van der Waals surface area contributed by atoms with Crippen LogP contribution >= 0.6 is 0 Å². The Morgan fingerprint density at radius 3 is 2.65 bits per heavy atom. The number of nitrogens with one attached hydrogen (secondary N) is 3. The molecule has 0 aliphatic carbocycles. The van der Waals surface area contributed by atoms with E-state index in [2.05, 4.69) is 37.2 Å². The molecule has 0 spiro atoms. The van der Waals surface area contributed by atoms with Crippen molar-refractivity contribution in [1.82, 2.24) is 19.7 Å². The lowest BCUT2D eigenvalue weighted by molar-refractivity contribution is 0.391. The van der Waals surface area contributed by atoms with Gasteiger partial charge in [-0.25, -0.2) is 18.1 Å². The average Bonchev–Trinajstić information content (AvgIpc) is 2.83. The molecule has 3 N–H and O–H groups in total. The highest BCUT2D eigenvalue weighted by Gasteiger charge is 2.16. The highest BCUT2D eigenvalue weighted by molar-refractivity contribution is 7.88. The predicted octanol–water partition coefficient (Wildman–Crippen LogP) is 3.17. The van der Waals surface area contributed by atoms with E-state index in [1.165, 1.54) is 0 Å². The zero-order valence-electron chi connectivity index (χ0n) is 20.0. The van der Waals surface area contributed by atoms with Crippen molar-refractivity contribution in [3.05, 3.63) is 42.1 Å². The second-order valence-corrected chi connectivity index (χ2v) is 9.74. The van der Waals surface area contributed by atoms with E-state index in [-0.39, 0.29) is 12.6 Å². The van der Waals surface area contributed by atoms with Crippen LogP contribution in [0.3, 0.4) is 0 Å². The molecule has 0 bridgehead atoms. The third kappa shape index (κ3) is 7.16. The van der Waals surface area contributed by atoms with Gasteiger partial charge in [-0.05, 0) is 30.7 Å². The lowest BCUT2D eigenvalue weighted by atomic mass is 10.1. The number of anilines is 2. The molecule has 0 aliphatic rings. The van der Waals surface area contributed by atoms with Crippen molar-refractivity contribution in [3.63, 3.8) is 0 Å². The van der Waals surface area contributed by atoms with Gasteiger partial charge >= 0.3 is 0 Å². The molecule has 0 unspecified atom stereocenters.